The van der Waals surface area contributed by atoms with E-state index in [4.69, 9.17) is 11.6 Å². The van der Waals surface area contributed by atoms with Gasteiger partial charge in [0.1, 0.15) is 0 Å². The zero-order valence-electron chi connectivity index (χ0n) is 17.6. The van der Waals surface area contributed by atoms with Crippen LogP contribution < -0.4 is 0 Å². The highest BCUT2D eigenvalue weighted by Gasteiger charge is 2.57. The van der Waals surface area contributed by atoms with Crippen molar-refractivity contribution in [3.8, 4) is 11.1 Å². The summed E-state index contributed by atoms with van der Waals surface area (Å²) in [5.41, 5.74) is 4.11. The second kappa shape index (κ2) is 6.70. The third-order valence-electron chi connectivity index (χ3n) is 8.73. The lowest BCUT2D eigenvalue weighted by Crippen LogP contribution is -2.55. The number of hydrogen-bond donors (Lipinski definition) is 1. The van der Waals surface area contributed by atoms with Crippen LogP contribution in [-0.4, -0.2) is 5.11 Å². The van der Waals surface area contributed by atoms with E-state index < -0.39 is 5.60 Å². The lowest BCUT2D eigenvalue weighted by atomic mass is 9.48. The number of halogens is 1. The van der Waals surface area contributed by atoms with Crippen molar-refractivity contribution < 1.29 is 5.11 Å². The Kier molecular flexibility index (Phi) is 4.09. The molecule has 1 nitrogen and oxygen atoms in total. The number of allylic oxidation sites excluding steroid dienone is 1. The second-order valence-electron chi connectivity index (χ2n) is 10.4. The zero-order valence-corrected chi connectivity index (χ0v) is 19.2. The SMILES string of the molecule is OC1(c2cc(Cl)ccc2-c2ccc3sc4c(c3c2)C=CCC4)C2CC3CC(C2)CC1C3. The highest BCUT2D eigenvalue weighted by molar-refractivity contribution is 7.19. The first-order valence-electron chi connectivity index (χ1n) is 11.8. The number of hydrogen-bond acceptors (Lipinski definition) is 2. The summed E-state index contributed by atoms with van der Waals surface area (Å²) in [4.78, 5) is 1.51. The Bertz CT molecular complexity index is 1210. The number of rotatable bonds is 2. The average Bonchev–Trinajstić information content (AvgIpc) is 3.15. The summed E-state index contributed by atoms with van der Waals surface area (Å²) < 4.78 is 1.36. The third kappa shape index (κ3) is 2.71. The topological polar surface area (TPSA) is 20.2 Å². The van der Waals surface area contributed by atoms with Gasteiger partial charge < -0.3 is 5.11 Å². The molecule has 8 rings (SSSR count). The maximum absolute atomic E-state index is 12.3. The minimum atomic E-state index is -0.739. The van der Waals surface area contributed by atoms with Crippen molar-refractivity contribution in [2.24, 2.45) is 23.7 Å². The maximum atomic E-state index is 12.3. The summed E-state index contributed by atoms with van der Waals surface area (Å²) in [5.74, 6) is 2.40. The molecule has 4 saturated carbocycles. The maximum Gasteiger partial charge on any atom is 0.0959 e. The standard InChI is InChI=1S/C28H27ClOS/c29-21-6-7-22(18-5-8-27-24(14-18)23-3-1-2-4-26(23)31-27)25(15-21)28(30)19-10-16-9-17(12-19)13-20(28)11-16/h1,3,5-8,14-17,19-20,30H,2,4,9-13H2. The quantitative estimate of drug-likeness (QED) is 0.425. The Labute approximate surface area is 192 Å². The van der Waals surface area contributed by atoms with E-state index in [1.54, 1.807) is 0 Å². The molecule has 0 spiro atoms. The van der Waals surface area contributed by atoms with Crippen LogP contribution in [-0.2, 0) is 12.0 Å². The van der Waals surface area contributed by atoms with E-state index in [9.17, 15) is 5.11 Å². The first-order chi connectivity index (χ1) is 15.1. The van der Waals surface area contributed by atoms with Crippen molar-refractivity contribution in [3.63, 3.8) is 0 Å². The normalized spacial score (nSPS) is 33.2. The molecule has 158 valence electrons. The van der Waals surface area contributed by atoms with Crippen molar-refractivity contribution in [1.82, 2.24) is 0 Å². The van der Waals surface area contributed by atoms with E-state index >= 15 is 0 Å². The van der Waals surface area contributed by atoms with E-state index in [2.05, 4.69) is 42.5 Å². The molecule has 2 aromatic carbocycles. The molecule has 5 aliphatic rings. The smallest absolute Gasteiger partial charge is 0.0959 e. The Hall–Kier alpha value is -1.61. The van der Waals surface area contributed by atoms with Crippen LogP contribution in [0.5, 0.6) is 0 Å². The molecule has 0 radical (unpaired) electrons. The van der Waals surface area contributed by atoms with E-state index in [-0.39, 0.29) is 0 Å². The van der Waals surface area contributed by atoms with E-state index in [1.807, 2.05) is 17.4 Å². The first-order valence-corrected chi connectivity index (χ1v) is 13.0. The van der Waals surface area contributed by atoms with Gasteiger partial charge in [0.15, 0.2) is 0 Å². The van der Waals surface area contributed by atoms with Crippen molar-refractivity contribution in [3.05, 3.63) is 63.5 Å². The Balaban J connectivity index is 1.40. The van der Waals surface area contributed by atoms with E-state index in [0.29, 0.717) is 11.8 Å². The fourth-order valence-electron chi connectivity index (χ4n) is 7.56. The van der Waals surface area contributed by atoms with Gasteiger partial charge in [-0.2, -0.15) is 0 Å². The van der Waals surface area contributed by atoms with Crippen LogP contribution in [0.15, 0.2) is 42.5 Å². The molecule has 3 aromatic rings. The van der Waals surface area contributed by atoms with Crippen LogP contribution in [0.4, 0.5) is 0 Å². The Morgan fingerprint density at radius 3 is 2.48 bits per heavy atom. The molecule has 5 aliphatic carbocycles. The van der Waals surface area contributed by atoms with Gasteiger partial charge in [-0.3, -0.25) is 0 Å². The van der Waals surface area contributed by atoms with Crippen LogP contribution in [0.2, 0.25) is 5.02 Å². The van der Waals surface area contributed by atoms with Gasteiger partial charge in [-0.25, -0.2) is 0 Å². The molecular weight excluding hydrogens is 420 g/mol. The minimum absolute atomic E-state index is 0.376. The third-order valence-corrected chi connectivity index (χ3v) is 10.2. The second-order valence-corrected chi connectivity index (χ2v) is 12.0. The van der Waals surface area contributed by atoms with Gasteiger partial charge in [-0.05, 0) is 115 Å². The lowest BCUT2D eigenvalue weighted by molar-refractivity contribution is -0.179. The molecule has 3 heteroatoms. The largest absolute Gasteiger partial charge is 0.385 e. The summed E-state index contributed by atoms with van der Waals surface area (Å²) in [6, 6.07) is 13.1. The Morgan fingerprint density at radius 2 is 1.71 bits per heavy atom. The van der Waals surface area contributed by atoms with Gasteiger partial charge in [0, 0.05) is 20.0 Å². The summed E-state index contributed by atoms with van der Waals surface area (Å²) in [6.45, 7) is 0. The van der Waals surface area contributed by atoms with Crippen LogP contribution in [0.25, 0.3) is 27.3 Å². The van der Waals surface area contributed by atoms with E-state index in [0.717, 1.165) is 35.3 Å². The van der Waals surface area contributed by atoms with Crippen molar-refractivity contribution >= 4 is 39.1 Å². The molecule has 0 amide bonds. The highest BCUT2D eigenvalue weighted by atomic mass is 35.5. The highest BCUT2D eigenvalue weighted by Crippen LogP contribution is 2.62. The van der Waals surface area contributed by atoms with Crippen LogP contribution in [0.1, 0.15) is 54.5 Å². The molecule has 0 aliphatic heterocycles. The molecule has 1 aromatic heterocycles. The molecule has 0 unspecified atom stereocenters. The zero-order chi connectivity index (χ0) is 20.7. The van der Waals surface area contributed by atoms with Crippen molar-refractivity contribution in [2.45, 2.75) is 50.5 Å². The number of aliphatic hydroxyl groups is 1. The van der Waals surface area contributed by atoms with Crippen LogP contribution in [0, 0.1) is 23.7 Å². The van der Waals surface area contributed by atoms with Crippen molar-refractivity contribution in [2.75, 3.05) is 0 Å². The predicted octanol–water partition coefficient (Wildman–Crippen LogP) is 7.82. The van der Waals surface area contributed by atoms with Crippen molar-refractivity contribution in [1.29, 1.82) is 0 Å². The fraction of sp³-hybridized carbons (Fsp3) is 0.429. The van der Waals surface area contributed by atoms with Gasteiger partial charge >= 0.3 is 0 Å². The molecule has 31 heavy (non-hydrogen) atoms. The number of thiophene rings is 1. The molecular formula is C28H27ClOS. The van der Waals surface area contributed by atoms with Gasteiger partial charge in [-0.15, -0.1) is 11.3 Å². The summed E-state index contributed by atoms with van der Waals surface area (Å²) in [5, 5.41) is 14.4. The Morgan fingerprint density at radius 1 is 0.935 bits per heavy atom. The molecule has 1 heterocycles. The van der Waals surface area contributed by atoms with Crippen LogP contribution in [0.3, 0.4) is 0 Å². The first kappa shape index (κ1) is 18.9. The monoisotopic (exact) mass is 446 g/mol. The number of fused-ring (bicyclic) bond motifs is 3. The number of benzene rings is 2. The van der Waals surface area contributed by atoms with Gasteiger partial charge in [0.25, 0.3) is 0 Å². The molecule has 0 saturated heterocycles. The van der Waals surface area contributed by atoms with Gasteiger partial charge in [0.05, 0.1) is 5.60 Å². The summed E-state index contributed by atoms with van der Waals surface area (Å²) >= 11 is 8.47. The minimum Gasteiger partial charge on any atom is -0.385 e. The summed E-state index contributed by atoms with van der Waals surface area (Å²) in [6.07, 6.45) is 13.0. The average molecular weight is 447 g/mol. The van der Waals surface area contributed by atoms with Gasteiger partial charge in [-0.1, -0.05) is 35.9 Å². The lowest BCUT2D eigenvalue weighted by Gasteiger charge is -2.59. The summed E-state index contributed by atoms with van der Waals surface area (Å²) in [7, 11) is 0. The molecule has 0 atom stereocenters. The molecule has 4 fully saturated rings. The number of aryl methyl sites for hydroxylation is 1. The van der Waals surface area contributed by atoms with Gasteiger partial charge in [0.2, 0.25) is 0 Å². The van der Waals surface area contributed by atoms with E-state index in [1.165, 1.54) is 63.8 Å². The molecule has 4 bridgehead atoms. The van der Waals surface area contributed by atoms with Crippen LogP contribution >= 0.6 is 22.9 Å². The fourth-order valence-corrected chi connectivity index (χ4v) is 8.92. The molecule has 1 N–H and O–H groups in total. The predicted molar refractivity (Wildman–Crippen MR) is 131 cm³/mol.